The summed E-state index contributed by atoms with van der Waals surface area (Å²) in [6.07, 6.45) is 2.60. The van der Waals surface area contributed by atoms with Crippen molar-refractivity contribution in [1.29, 1.82) is 0 Å². The molecule has 0 spiro atoms. The predicted octanol–water partition coefficient (Wildman–Crippen LogP) is 4.34. The van der Waals surface area contributed by atoms with Crippen LogP contribution in [0.2, 0.25) is 4.34 Å². The summed E-state index contributed by atoms with van der Waals surface area (Å²) in [5, 5.41) is 3.60. The van der Waals surface area contributed by atoms with Crippen molar-refractivity contribution in [3.05, 3.63) is 51.2 Å². The summed E-state index contributed by atoms with van der Waals surface area (Å²) in [5.41, 5.74) is 1.35. The Morgan fingerprint density at radius 2 is 1.91 bits per heavy atom. The van der Waals surface area contributed by atoms with Crippen LogP contribution in [0, 0.1) is 0 Å². The van der Waals surface area contributed by atoms with Crippen molar-refractivity contribution in [2.24, 2.45) is 0 Å². The summed E-state index contributed by atoms with van der Waals surface area (Å²) in [6, 6.07) is 13.0. The molecular weight excluding hydrogens is 328 g/mol. The van der Waals surface area contributed by atoms with Crippen molar-refractivity contribution < 1.29 is 4.74 Å². The second-order valence-electron chi connectivity index (χ2n) is 5.87. The molecule has 1 saturated heterocycles. The van der Waals surface area contributed by atoms with E-state index in [1.54, 1.807) is 18.4 Å². The van der Waals surface area contributed by atoms with Gasteiger partial charge in [0.25, 0.3) is 0 Å². The number of rotatable bonds is 7. The van der Waals surface area contributed by atoms with E-state index in [-0.39, 0.29) is 0 Å². The number of thiophene rings is 1. The molecule has 23 heavy (non-hydrogen) atoms. The van der Waals surface area contributed by atoms with Crippen molar-refractivity contribution in [1.82, 2.24) is 10.2 Å². The molecule has 3 nitrogen and oxygen atoms in total. The lowest BCUT2D eigenvalue weighted by molar-refractivity contribution is 0.238. The maximum Gasteiger partial charge on any atom is 0.118 e. The quantitative estimate of drug-likeness (QED) is 0.804. The third kappa shape index (κ3) is 4.48. The fourth-order valence-electron chi connectivity index (χ4n) is 3.12. The summed E-state index contributed by atoms with van der Waals surface area (Å²) in [5.74, 6) is 0.912. The number of nitrogens with zero attached hydrogens (tertiary/aromatic N) is 1. The number of benzene rings is 1. The number of ether oxygens (including phenoxy) is 1. The van der Waals surface area contributed by atoms with E-state index in [1.165, 1.54) is 36.4 Å². The zero-order chi connectivity index (χ0) is 16.1. The Morgan fingerprint density at radius 1 is 1.17 bits per heavy atom. The first-order valence-corrected chi connectivity index (χ1v) is 9.28. The van der Waals surface area contributed by atoms with Crippen LogP contribution in [-0.4, -0.2) is 31.6 Å². The van der Waals surface area contributed by atoms with E-state index in [0.29, 0.717) is 6.04 Å². The molecule has 1 N–H and O–H groups in total. The van der Waals surface area contributed by atoms with Crippen molar-refractivity contribution in [3.63, 3.8) is 0 Å². The zero-order valence-electron chi connectivity index (χ0n) is 13.4. The fraction of sp³-hybridized carbons (Fsp3) is 0.444. The minimum atomic E-state index is 0.416. The first-order valence-electron chi connectivity index (χ1n) is 8.09. The fourth-order valence-corrected chi connectivity index (χ4v) is 4.17. The number of methoxy groups -OCH3 is 1. The largest absolute Gasteiger partial charge is 0.497 e. The molecule has 0 aliphatic carbocycles. The van der Waals surface area contributed by atoms with Gasteiger partial charge in [0.1, 0.15) is 5.75 Å². The second kappa shape index (κ2) is 8.15. The Morgan fingerprint density at radius 3 is 2.52 bits per heavy atom. The second-order valence-corrected chi connectivity index (χ2v) is 7.67. The van der Waals surface area contributed by atoms with Gasteiger partial charge in [0.2, 0.25) is 0 Å². The molecule has 2 aromatic rings. The average Bonchev–Trinajstić information content (AvgIpc) is 3.24. The molecule has 1 aromatic carbocycles. The van der Waals surface area contributed by atoms with Gasteiger partial charge in [-0.15, -0.1) is 11.3 Å². The predicted molar refractivity (Wildman–Crippen MR) is 97.6 cm³/mol. The van der Waals surface area contributed by atoms with Gasteiger partial charge in [0, 0.05) is 24.0 Å². The highest BCUT2D eigenvalue weighted by Gasteiger charge is 2.23. The van der Waals surface area contributed by atoms with E-state index in [0.717, 1.165) is 23.2 Å². The Kier molecular flexibility index (Phi) is 5.95. The SMILES string of the molecule is COc1ccc(C(CNCc2ccc(Cl)s2)N2CCCC2)cc1. The third-order valence-electron chi connectivity index (χ3n) is 4.35. The molecule has 1 unspecified atom stereocenters. The van der Waals surface area contributed by atoms with E-state index in [9.17, 15) is 0 Å². The van der Waals surface area contributed by atoms with Gasteiger partial charge >= 0.3 is 0 Å². The number of hydrogen-bond acceptors (Lipinski definition) is 4. The first kappa shape index (κ1) is 16.8. The van der Waals surface area contributed by atoms with Crippen LogP contribution < -0.4 is 10.1 Å². The van der Waals surface area contributed by atoms with Crippen LogP contribution in [-0.2, 0) is 6.54 Å². The minimum absolute atomic E-state index is 0.416. The molecule has 0 bridgehead atoms. The van der Waals surface area contributed by atoms with Gasteiger partial charge in [-0.3, -0.25) is 4.90 Å². The van der Waals surface area contributed by atoms with Gasteiger partial charge in [0.15, 0.2) is 0 Å². The number of hydrogen-bond donors (Lipinski definition) is 1. The summed E-state index contributed by atoms with van der Waals surface area (Å²) >= 11 is 7.65. The maximum atomic E-state index is 6.00. The van der Waals surface area contributed by atoms with Crippen LogP contribution in [0.5, 0.6) is 5.75 Å². The van der Waals surface area contributed by atoms with Crippen LogP contribution in [0.25, 0.3) is 0 Å². The molecule has 1 fully saturated rings. The van der Waals surface area contributed by atoms with E-state index < -0.39 is 0 Å². The Balaban J connectivity index is 1.65. The Hall–Kier alpha value is -1.07. The average molecular weight is 351 g/mol. The Labute approximate surface area is 147 Å². The first-order chi connectivity index (χ1) is 11.3. The van der Waals surface area contributed by atoms with Gasteiger partial charge in [-0.05, 0) is 55.8 Å². The van der Waals surface area contributed by atoms with Crippen molar-refractivity contribution in [3.8, 4) is 5.75 Å². The standard InChI is InChI=1S/C18H23ClN2OS/c1-22-15-6-4-14(5-7-15)17(21-10-2-3-11-21)13-20-12-16-8-9-18(19)23-16/h4-9,17,20H,2-3,10-13H2,1H3. The number of nitrogens with one attached hydrogen (secondary N) is 1. The normalized spacial score (nSPS) is 16.6. The third-order valence-corrected chi connectivity index (χ3v) is 5.58. The van der Waals surface area contributed by atoms with Crippen LogP contribution in [0.1, 0.15) is 29.3 Å². The summed E-state index contributed by atoms with van der Waals surface area (Å²) in [7, 11) is 1.71. The molecule has 5 heteroatoms. The van der Waals surface area contributed by atoms with Gasteiger partial charge in [-0.25, -0.2) is 0 Å². The molecule has 3 rings (SSSR count). The molecule has 0 saturated carbocycles. The van der Waals surface area contributed by atoms with Gasteiger partial charge < -0.3 is 10.1 Å². The van der Waals surface area contributed by atoms with Crippen LogP contribution in [0.15, 0.2) is 36.4 Å². The molecule has 0 radical (unpaired) electrons. The van der Waals surface area contributed by atoms with Crippen molar-refractivity contribution >= 4 is 22.9 Å². The van der Waals surface area contributed by atoms with Crippen LogP contribution >= 0.6 is 22.9 Å². The van der Waals surface area contributed by atoms with E-state index >= 15 is 0 Å². The summed E-state index contributed by atoms with van der Waals surface area (Å²) in [6.45, 7) is 4.19. The molecule has 1 aliphatic heterocycles. The zero-order valence-corrected chi connectivity index (χ0v) is 15.0. The summed E-state index contributed by atoms with van der Waals surface area (Å²) < 4.78 is 6.13. The molecule has 124 valence electrons. The lowest BCUT2D eigenvalue weighted by atomic mass is 10.1. The molecule has 2 heterocycles. The lowest BCUT2D eigenvalue weighted by Gasteiger charge is -2.28. The highest BCUT2D eigenvalue weighted by molar-refractivity contribution is 7.16. The van der Waals surface area contributed by atoms with E-state index in [1.807, 2.05) is 6.07 Å². The van der Waals surface area contributed by atoms with E-state index in [2.05, 4.69) is 40.5 Å². The van der Waals surface area contributed by atoms with Gasteiger partial charge in [-0.2, -0.15) is 0 Å². The number of halogens is 1. The minimum Gasteiger partial charge on any atom is -0.497 e. The topological polar surface area (TPSA) is 24.5 Å². The van der Waals surface area contributed by atoms with Gasteiger partial charge in [0.05, 0.1) is 11.4 Å². The van der Waals surface area contributed by atoms with Crippen molar-refractivity contribution in [2.75, 3.05) is 26.7 Å². The molecular formula is C18H23ClN2OS. The highest BCUT2D eigenvalue weighted by Crippen LogP contribution is 2.27. The van der Waals surface area contributed by atoms with Crippen molar-refractivity contribution in [2.45, 2.75) is 25.4 Å². The smallest absolute Gasteiger partial charge is 0.118 e. The highest BCUT2D eigenvalue weighted by atomic mass is 35.5. The maximum absolute atomic E-state index is 6.00. The molecule has 0 amide bonds. The molecule has 1 aliphatic rings. The van der Waals surface area contributed by atoms with Crippen LogP contribution in [0.4, 0.5) is 0 Å². The Bertz CT molecular complexity index is 608. The summed E-state index contributed by atoms with van der Waals surface area (Å²) in [4.78, 5) is 3.86. The number of likely N-dealkylation sites (tertiary alicyclic amines) is 1. The molecule has 1 aromatic heterocycles. The van der Waals surface area contributed by atoms with E-state index in [4.69, 9.17) is 16.3 Å². The van der Waals surface area contributed by atoms with Gasteiger partial charge in [-0.1, -0.05) is 23.7 Å². The molecule has 1 atom stereocenters. The van der Waals surface area contributed by atoms with Crippen LogP contribution in [0.3, 0.4) is 0 Å². The monoisotopic (exact) mass is 350 g/mol. The lowest BCUT2D eigenvalue weighted by Crippen LogP contribution is -2.33.